The summed E-state index contributed by atoms with van der Waals surface area (Å²) in [5.74, 6) is 0. The Kier molecular flexibility index (Phi) is 3.59. The first-order valence-electron chi connectivity index (χ1n) is 5.63. The number of hydrogen-bond donors (Lipinski definition) is 1. The third kappa shape index (κ3) is 2.26. The highest BCUT2D eigenvalue weighted by molar-refractivity contribution is 5.35. The molecular weight excluding hydrogens is 204 g/mol. The number of aliphatic hydroxyl groups is 1. The van der Waals surface area contributed by atoms with Crippen molar-refractivity contribution < 1.29 is 14.6 Å². The second-order valence-electron chi connectivity index (χ2n) is 4.22. The lowest BCUT2D eigenvalue weighted by Gasteiger charge is -2.28. The van der Waals surface area contributed by atoms with Crippen molar-refractivity contribution in [1.82, 2.24) is 0 Å². The Hall–Kier alpha value is -0.900. The summed E-state index contributed by atoms with van der Waals surface area (Å²) in [5.41, 5.74) is 3.26. The minimum absolute atomic E-state index is 0.241. The second-order valence-corrected chi connectivity index (χ2v) is 4.22. The van der Waals surface area contributed by atoms with E-state index in [1.54, 1.807) is 0 Å². The SMILES string of the molecule is Cc1cccc(C(O)C2COCCO2)c1C. The fraction of sp³-hybridized carbons (Fsp3) is 0.538. The molecule has 1 aliphatic rings. The zero-order valence-electron chi connectivity index (χ0n) is 9.77. The van der Waals surface area contributed by atoms with E-state index in [0.29, 0.717) is 19.8 Å². The van der Waals surface area contributed by atoms with Gasteiger partial charge in [0.15, 0.2) is 0 Å². The Labute approximate surface area is 96.0 Å². The quantitative estimate of drug-likeness (QED) is 0.828. The molecule has 3 nitrogen and oxygen atoms in total. The minimum Gasteiger partial charge on any atom is -0.386 e. The van der Waals surface area contributed by atoms with Crippen molar-refractivity contribution in [2.45, 2.75) is 26.1 Å². The minimum atomic E-state index is -0.597. The molecule has 1 heterocycles. The third-order valence-electron chi connectivity index (χ3n) is 3.16. The van der Waals surface area contributed by atoms with E-state index < -0.39 is 6.10 Å². The molecule has 1 fully saturated rings. The fourth-order valence-electron chi connectivity index (χ4n) is 1.98. The highest BCUT2D eigenvalue weighted by Gasteiger charge is 2.25. The first kappa shape index (κ1) is 11.6. The van der Waals surface area contributed by atoms with Gasteiger partial charge in [0.25, 0.3) is 0 Å². The first-order valence-corrected chi connectivity index (χ1v) is 5.63. The summed E-state index contributed by atoms with van der Waals surface area (Å²) in [7, 11) is 0. The number of benzene rings is 1. The van der Waals surface area contributed by atoms with Crippen molar-refractivity contribution in [1.29, 1.82) is 0 Å². The van der Waals surface area contributed by atoms with Crippen LogP contribution >= 0.6 is 0 Å². The Morgan fingerprint density at radius 3 is 2.81 bits per heavy atom. The molecule has 1 N–H and O–H groups in total. The highest BCUT2D eigenvalue weighted by Crippen LogP contribution is 2.25. The molecule has 2 rings (SSSR count). The van der Waals surface area contributed by atoms with Gasteiger partial charge in [0.2, 0.25) is 0 Å². The highest BCUT2D eigenvalue weighted by atomic mass is 16.6. The van der Waals surface area contributed by atoms with Crippen LogP contribution in [0.1, 0.15) is 22.8 Å². The molecule has 3 heteroatoms. The maximum absolute atomic E-state index is 10.2. The van der Waals surface area contributed by atoms with Gasteiger partial charge < -0.3 is 14.6 Å². The van der Waals surface area contributed by atoms with E-state index in [-0.39, 0.29) is 6.10 Å². The molecule has 0 bridgehead atoms. The molecular formula is C13H18O3. The van der Waals surface area contributed by atoms with Crippen LogP contribution in [-0.2, 0) is 9.47 Å². The standard InChI is InChI=1S/C13H18O3/c1-9-4-3-5-11(10(9)2)13(14)12-8-15-6-7-16-12/h3-5,12-14H,6-8H2,1-2H3. The van der Waals surface area contributed by atoms with Crippen LogP contribution in [0.25, 0.3) is 0 Å². The van der Waals surface area contributed by atoms with E-state index in [2.05, 4.69) is 0 Å². The van der Waals surface area contributed by atoms with Crippen molar-refractivity contribution in [3.8, 4) is 0 Å². The normalized spacial score (nSPS) is 23.1. The third-order valence-corrected chi connectivity index (χ3v) is 3.16. The van der Waals surface area contributed by atoms with Crippen molar-refractivity contribution >= 4 is 0 Å². The van der Waals surface area contributed by atoms with Gasteiger partial charge in [0, 0.05) is 0 Å². The molecule has 16 heavy (non-hydrogen) atoms. The molecule has 0 aromatic heterocycles. The molecule has 2 atom stereocenters. The Balaban J connectivity index is 2.19. The van der Waals surface area contributed by atoms with E-state index in [4.69, 9.17) is 9.47 Å². The van der Waals surface area contributed by atoms with Crippen LogP contribution in [0.3, 0.4) is 0 Å². The van der Waals surface area contributed by atoms with Crippen LogP contribution in [0.5, 0.6) is 0 Å². The van der Waals surface area contributed by atoms with E-state index in [1.807, 2.05) is 32.0 Å². The average Bonchev–Trinajstić information content (AvgIpc) is 2.33. The summed E-state index contributed by atoms with van der Waals surface area (Å²) in [6.45, 7) is 5.72. The predicted molar refractivity (Wildman–Crippen MR) is 61.4 cm³/mol. The van der Waals surface area contributed by atoms with Gasteiger partial charge in [-0.2, -0.15) is 0 Å². The Morgan fingerprint density at radius 1 is 1.31 bits per heavy atom. The number of aryl methyl sites for hydroxylation is 1. The summed E-state index contributed by atoms with van der Waals surface area (Å²) in [6, 6.07) is 5.96. The molecule has 0 saturated carbocycles. The molecule has 0 radical (unpaired) electrons. The average molecular weight is 222 g/mol. The first-order chi connectivity index (χ1) is 7.70. The summed E-state index contributed by atoms with van der Waals surface area (Å²) >= 11 is 0. The molecule has 0 spiro atoms. The second kappa shape index (κ2) is 4.95. The van der Waals surface area contributed by atoms with Crippen LogP contribution < -0.4 is 0 Å². The molecule has 2 unspecified atom stereocenters. The summed E-state index contributed by atoms with van der Waals surface area (Å²) in [4.78, 5) is 0. The molecule has 1 aromatic carbocycles. The van der Waals surface area contributed by atoms with Gasteiger partial charge in [-0.25, -0.2) is 0 Å². The maximum atomic E-state index is 10.2. The van der Waals surface area contributed by atoms with Gasteiger partial charge in [-0.15, -0.1) is 0 Å². The zero-order valence-corrected chi connectivity index (χ0v) is 9.77. The van der Waals surface area contributed by atoms with Crippen LogP contribution in [0.15, 0.2) is 18.2 Å². The van der Waals surface area contributed by atoms with Crippen molar-refractivity contribution in [3.63, 3.8) is 0 Å². The van der Waals surface area contributed by atoms with Gasteiger partial charge in [-0.05, 0) is 30.5 Å². The summed E-state index contributed by atoms with van der Waals surface area (Å²) in [5, 5.41) is 10.2. The number of hydrogen-bond acceptors (Lipinski definition) is 3. The van der Waals surface area contributed by atoms with Crippen molar-refractivity contribution in [2.75, 3.05) is 19.8 Å². The number of ether oxygens (including phenoxy) is 2. The van der Waals surface area contributed by atoms with Crippen LogP contribution in [-0.4, -0.2) is 31.0 Å². The smallest absolute Gasteiger partial charge is 0.111 e. The monoisotopic (exact) mass is 222 g/mol. The van der Waals surface area contributed by atoms with E-state index in [9.17, 15) is 5.11 Å². The molecule has 1 saturated heterocycles. The molecule has 0 amide bonds. The molecule has 1 aromatic rings. The largest absolute Gasteiger partial charge is 0.386 e. The molecule has 1 aliphatic heterocycles. The number of rotatable bonds is 2. The lowest BCUT2D eigenvalue weighted by molar-refractivity contribution is -0.133. The van der Waals surface area contributed by atoms with Crippen LogP contribution in [0.4, 0.5) is 0 Å². The summed E-state index contributed by atoms with van der Waals surface area (Å²) < 4.78 is 10.8. The fourth-order valence-corrected chi connectivity index (χ4v) is 1.98. The van der Waals surface area contributed by atoms with Gasteiger partial charge >= 0.3 is 0 Å². The van der Waals surface area contributed by atoms with Crippen LogP contribution in [0.2, 0.25) is 0 Å². The predicted octanol–water partition coefficient (Wildman–Crippen LogP) is 1.75. The van der Waals surface area contributed by atoms with Crippen LogP contribution in [0, 0.1) is 13.8 Å². The van der Waals surface area contributed by atoms with Gasteiger partial charge in [0.05, 0.1) is 19.8 Å². The summed E-state index contributed by atoms with van der Waals surface area (Å²) in [6.07, 6.45) is -0.838. The van der Waals surface area contributed by atoms with E-state index >= 15 is 0 Å². The molecule has 0 aliphatic carbocycles. The van der Waals surface area contributed by atoms with E-state index in [0.717, 1.165) is 11.1 Å². The topological polar surface area (TPSA) is 38.7 Å². The number of aliphatic hydroxyl groups excluding tert-OH is 1. The lowest BCUT2D eigenvalue weighted by atomic mass is 9.96. The Bertz CT molecular complexity index is 356. The lowest BCUT2D eigenvalue weighted by Crippen LogP contribution is -2.34. The van der Waals surface area contributed by atoms with Gasteiger partial charge in [-0.3, -0.25) is 0 Å². The van der Waals surface area contributed by atoms with Crippen molar-refractivity contribution in [2.24, 2.45) is 0 Å². The van der Waals surface area contributed by atoms with E-state index in [1.165, 1.54) is 5.56 Å². The zero-order chi connectivity index (χ0) is 11.5. The van der Waals surface area contributed by atoms with Gasteiger partial charge in [-0.1, -0.05) is 18.2 Å². The van der Waals surface area contributed by atoms with Gasteiger partial charge in [0.1, 0.15) is 12.2 Å². The maximum Gasteiger partial charge on any atom is 0.111 e. The van der Waals surface area contributed by atoms with Crippen molar-refractivity contribution in [3.05, 3.63) is 34.9 Å². The molecule has 88 valence electrons. The Morgan fingerprint density at radius 2 is 2.12 bits per heavy atom.